The predicted molar refractivity (Wildman–Crippen MR) is 76.5 cm³/mol. The van der Waals surface area contributed by atoms with E-state index in [-0.39, 0.29) is 12.4 Å². The molecule has 1 aliphatic rings. The van der Waals surface area contributed by atoms with Gasteiger partial charge in [-0.3, -0.25) is 4.99 Å². The van der Waals surface area contributed by atoms with Gasteiger partial charge in [-0.05, 0) is 18.2 Å². The van der Waals surface area contributed by atoms with Gasteiger partial charge >= 0.3 is 0 Å². The number of hydrogen-bond donors (Lipinski definition) is 1. The van der Waals surface area contributed by atoms with E-state index >= 15 is 0 Å². The number of benzene rings is 2. The van der Waals surface area contributed by atoms with E-state index < -0.39 is 5.82 Å². The van der Waals surface area contributed by atoms with Crippen LogP contribution in [0, 0.1) is 11.6 Å². The van der Waals surface area contributed by atoms with E-state index in [2.05, 4.69) is 10.3 Å². The summed E-state index contributed by atoms with van der Waals surface area (Å²) in [6.45, 7) is 1.32. The molecule has 0 bridgehead atoms. The average molecular weight is 288 g/mol. The van der Waals surface area contributed by atoms with Gasteiger partial charge in [0, 0.05) is 12.1 Å². The molecule has 0 radical (unpaired) electrons. The fraction of sp³-hybridized carbons (Fsp3) is 0.188. The number of nitrogens with one attached hydrogen (secondary N) is 1. The number of hydrogen-bond acceptors (Lipinski definition) is 3. The molecule has 3 rings (SSSR count). The molecule has 0 aromatic heterocycles. The molecule has 0 saturated carbocycles. The third-order valence-electron chi connectivity index (χ3n) is 3.23. The van der Waals surface area contributed by atoms with Crippen molar-refractivity contribution in [3.63, 3.8) is 0 Å². The molecule has 21 heavy (non-hydrogen) atoms. The van der Waals surface area contributed by atoms with Crippen LogP contribution < -0.4 is 10.1 Å². The van der Waals surface area contributed by atoms with Gasteiger partial charge < -0.3 is 10.1 Å². The van der Waals surface area contributed by atoms with E-state index in [1.807, 2.05) is 0 Å². The quantitative estimate of drug-likeness (QED) is 0.938. The Morgan fingerprint density at radius 1 is 1.05 bits per heavy atom. The smallest absolute Gasteiger partial charge is 0.137 e. The van der Waals surface area contributed by atoms with Crippen LogP contribution in [-0.4, -0.2) is 18.9 Å². The Kier molecular flexibility index (Phi) is 3.81. The zero-order valence-corrected chi connectivity index (χ0v) is 11.3. The third-order valence-corrected chi connectivity index (χ3v) is 3.23. The Morgan fingerprint density at radius 2 is 1.86 bits per heavy atom. The zero-order chi connectivity index (χ0) is 14.7. The maximum Gasteiger partial charge on any atom is 0.137 e. The Morgan fingerprint density at radius 3 is 2.62 bits per heavy atom. The summed E-state index contributed by atoms with van der Waals surface area (Å²) < 4.78 is 33.2. The maximum atomic E-state index is 14.0. The van der Waals surface area contributed by atoms with Gasteiger partial charge in [-0.15, -0.1) is 0 Å². The van der Waals surface area contributed by atoms with Gasteiger partial charge in [0.1, 0.15) is 29.8 Å². The summed E-state index contributed by atoms with van der Waals surface area (Å²) >= 11 is 0. The van der Waals surface area contributed by atoms with Crippen molar-refractivity contribution in [2.45, 2.75) is 6.61 Å². The van der Waals surface area contributed by atoms with E-state index in [0.717, 1.165) is 0 Å². The molecule has 1 N–H and O–H groups in total. The van der Waals surface area contributed by atoms with E-state index in [9.17, 15) is 8.78 Å². The van der Waals surface area contributed by atoms with Gasteiger partial charge in [0.2, 0.25) is 0 Å². The Balaban J connectivity index is 1.86. The van der Waals surface area contributed by atoms with Crippen molar-refractivity contribution >= 4 is 5.84 Å². The maximum absolute atomic E-state index is 14.0. The third kappa shape index (κ3) is 2.86. The molecule has 0 spiro atoms. The van der Waals surface area contributed by atoms with Crippen molar-refractivity contribution in [3.05, 3.63) is 65.2 Å². The van der Waals surface area contributed by atoms with Gasteiger partial charge in [-0.25, -0.2) is 8.78 Å². The molecule has 0 atom stereocenters. The lowest BCUT2D eigenvalue weighted by Gasteiger charge is -2.13. The highest BCUT2D eigenvalue weighted by atomic mass is 19.1. The zero-order valence-electron chi connectivity index (χ0n) is 11.3. The van der Waals surface area contributed by atoms with Crippen LogP contribution in [0.2, 0.25) is 0 Å². The van der Waals surface area contributed by atoms with Crippen molar-refractivity contribution in [3.8, 4) is 5.75 Å². The van der Waals surface area contributed by atoms with Crippen LogP contribution in [0.4, 0.5) is 8.78 Å². The molecule has 1 aliphatic heterocycles. The van der Waals surface area contributed by atoms with Crippen molar-refractivity contribution in [2.24, 2.45) is 4.99 Å². The van der Waals surface area contributed by atoms with Crippen LogP contribution in [0.25, 0.3) is 0 Å². The van der Waals surface area contributed by atoms with Crippen LogP contribution >= 0.6 is 0 Å². The van der Waals surface area contributed by atoms with Crippen molar-refractivity contribution in [1.29, 1.82) is 0 Å². The summed E-state index contributed by atoms with van der Waals surface area (Å²) in [5, 5.41) is 3.02. The van der Waals surface area contributed by atoms with E-state index in [1.165, 1.54) is 12.1 Å². The van der Waals surface area contributed by atoms with Gasteiger partial charge in [-0.2, -0.15) is 0 Å². The number of nitrogens with zero attached hydrogens (tertiary/aromatic N) is 1. The number of amidine groups is 1. The summed E-state index contributed by atoms with van der Waals surface area (Å²) in [7, 11) is 0. The van der Waals surface area contributed by atoms with Crippen molar-refractivity contribution in [2.75, 3.05) is 13.1 Å². The highest BCUT2D eigenvalue weighted by molar-refractivity contribution is 6.02. The SMILES string of the molecule is Fc1ccccc1COc1cccc(F)c1C1=NCCN1. The summed E-state index contributed by atoms with van der Waals surface area (Å²) in [6.07, 6.45) is 0. The molecule has 1 heterocycles. The van der Waals surface area contributed by atoms with Crippen molar-refractivity contribution in [1.82, 2.24) is 5.32 Å². The van der Waals surface area contributed by atoms with Gasteiger partial charge in [0.15, 0.2) is 0 Å². The minimum atomic E-state index is -0.408. The summed E-state index contributed by atoms with van der Waals surface area (Å²) in [4.78, 5) is 4.21. The number of halogens is 2. The Hall–Kier alpha value is -2.43. The summed E-state index contributed by atoms with van der Waals surface area (Å²) in [5.74, 6) is 0.0870. The number of aliphatic imine (C=N–C) groups is 1. The molecule has 2 aromatic carbocycles. The molecule has 0 amide bonds. The molecular formula is C16H14F2N2O. The van der Waals surface area contributed by atoms with Crippen LogP contribution in [0.1, 0.15) is 11.1 Å². The number of ether oxygens (including phenoxy) is 1. The monoisotopic (exact) mass is 288 g/mol. The predicted octanol–water partition coefficient (Wildman–Crippen LogP) is 2.89. The second-order valence-electron chi connectivity index (χ2n) is 4.65. The fourth-order valence-corrected chi connectivity index (χ4v) is 2.19. The Labute approximate surface area is 121 Å². The first-order valence-corrected chi connectivity index (χ1v) is 6.69. The highest BCUT2D eigenvalue weighted by Gasteiger charge is 2.18. The molecule has 0 saturated heterocycles. The standard InChI is InChI=1S/C16H14F2N2O/c17-12-5-2-1-4-11(12)10-21-14-7-3-6-13(18)15(14)16-19-8-9-20-16/h1-7H,8-10H2,(H,19,20). The van der Waals surface area contributed by atoms with Gasteiger partial charge in [0.05, 0.1) is 12.1 Å². The topological polar surface area (TPSA) is 33.6 Å². The first-order chi connectivity index (χ1) is 10.3. The number of rotatable bonds is 4. The fourth-order valence-electron chi connectivity index (χ4n) is 2.19. The molecule has 108 valence electrons. The summed E-state index contributed by atoms with van der Waals surface area (Å²) in [5.41, 5.74) is 0.723. The second-order valence-corrected chi connectivity index (χ2v) is 4.65. The van der Waals surface area contributed by atoms with Gasteiger partial charge in [0.25, 0.3) is 0 Å². The van der Waals surface area contributed by atoms with E-state index in [1.54, 1.807) is 30.3 Å². The lowest BCUT2D eigenvalue weighted by Crippen LogP contribution is -2.21. The first kappa shape index (κ1) is 13.5. The molecular weight excluding hydrogens is 274 g/mol. The lowest BCUT2D eigenvalue weighted by atomic mass is 10.1. The van der Waals surface area contributed by atoms with E-state index in [0.29, 0.717) is 35.8 Å². The molecule has 5 heteroatoms. The molecule has 2 aromatic rings. The van der Waals surface area contributed by atoms with Crippen molar-refractivity contribution < 1.29 is 13.5 Å². The molecule has 3 nitrogen and oxygen atoms in total. The largest absolute Gasteiger partial charge is 0.488 e. The van der Waals surface area contributed by atoms with E-state index in [4.69, 9.17) is 4.74 Å². The minimum absolute atomic E-state index is 0.0381. The van der Waals surface area contributed by atoms with Crippen LogP contribution in [0.15, 0.2) is 47.5 Å². The van der Waals surface area contributed by atoms with Crippen LogP contribution in [-0.2, 0) is 6.61 Å². The Bertz CT molecular complexity index is 686. The molecule has 0 aliphatic carbocycles. The minimum Gasteiger partial charge on any atom is -0.488 e. The average Bonchev–Trinajstić information content (AvgIpc) is 3.00. The molecule has 0 fully saturated rings. The first-order valence-electron chi connectivity index (χ1n) is 6.69. The van der Waals surface area contributed by atoms with Crippen LogP contribution in [0.3, 0.4) is 0 Å². The normalized spacial score (nSPS) is 13.7. The van der Waals surface area contributed by atoms with Gasteiger partial charge in [-0.1, -0.05) is 24.3 Å². The van der Waals surface area contributed by atoms with Crippen LogP contribution in [0.5, 0.6) is 5.75 Å². The lowest BCUT2D eigenvalue weighted by molar-refractivity contribution is 0.297. The second kappa shape index (κ2) is 5.91. The molecule has 0 unspecified atom stereocenters. The highest BCUT2D eigenvalue weighted by Crippen LogP contribution is 2.24. The summed E-state index contributed by atoms with van der Waals surface area (Å²) in [6, 6.07) is 10.9.